The minimum atomic E-state index is -3.55. The number of hydrogen-bond acceptors (Lipinski definition) is 5. The first-order valence-corrected chi connectivity index (χ1v) is 11.9. The molecule has 29 heavy (non-hydrogen) atoms. The minimum Gasteiger partial charge on any atom is -0.350 e. The summed E-state index contributed by atoms with van der Waals surface area (Å²) in [7, 11) is -3.55. The van der Waals surface area contributed by atoms with Gasteiger partial charge in [0.25, 0.3) is 10.0 Å². The monoisotopic (exact) mass is 452 g/mol. The average Bonchev–Trinajstić information content (AvgIpc) is 3.32. The maximum absolute atomic E-state index is 12.9. The summed E-state index contributed by atoms with van der Waals surface area (Å²) >= 11 is 7.24. The normalized spacial score (nSPS) is 18.2. The molecule has 0 aliphatic carbocycles. The van der Waals surface area contributed by atoms with Crippen LogP contribution in [0.2, 0.25) is 5.02 Å². The first-order valence-electron chi connectivity index (χ1n) is 9.30. The van der Waals surface area contributed by atoms with Gasteiger partial charge in [-0.15, -0.1) is 11.3 Å². The lowest BCUT2D eigenvalue weighted by Crippen LogP contribution is -2.45. The highest BCUT2D eigenvalue weighted by atomic mass is 35.5. The second kappa shape index (κ2) is 8.06. The Kier molecular flexibility index (Phi) is 5.65. The number of carbonyl (C=O) groups is 1. The Balaban J connectivity index is 1.40. The van der Waals surface area contributed by atoms with Crippen LogP contribution in [0.15, 0.2) is 40.9 Å². The van der Waals surface area contributed by atoms with Gasteiger partial charge in [-0.05, 0) is 44.0 Å². The fourth-order valence-electron chi connectivity index (χ4n) is 3.48. The van der Waals surface area contributed by atoms with Gasteiger partial charge in [0, 0.05) is 30.4 Å². The molecule has 1 N–H and O–H groups in total. The van der Waals surface area contributed by atoms with Crippen molar-refractivity contribution in [3.63, 3.8) is 0 Å². The lowest BCUT2D eigenvalue weighted by atomic mass is 9.99. The van der Waals surface area contributed by atoms with Gasteiger partial charge in [0.2, 0.25) is 5.91 Å². The Morgan fingerprint density at radius 3 is 2.90 bits per heavy atom. The zero-order valence-corrected chi connectivity index (χ0v) is 18.2. The number of thiophene rings is 1. The van der Waals surface area contributed by atoms with Gasteiger partial charge in [-0.25, -0.2) is 13.4 Å². The fraction of sp³-hybridized carbons (Fsp3) is 0.368. The van der Waals surface area contributed by atoms with Gasteiger partial charge in [-0.3, -0.25) is 4.79 Å². The molecule has 3 aromatic rings. The Labute approximate surface area is 178 Å². The van der Waals surface area contributed by atoms with Crippen molar-refractivity contribution in [1.82, 2.24) is 19.0 Å². The molecular weight excluding hydrogens is 432 g/mol. The average molecular weight is 453 g/mol. The zero-order valence-electron chi connectivity index (χ0n) is 15.8. The van der Waals surface area contributed by atoms with Crippen LogP contribution in [0.25, 0.3) is 5.65 Å². The zero-order chi connectivity index (χ0) is 20.6. The minimum absolute atomic E-state index is 0.151. The molecule has 1 fully saturated rings. The van der Waals surface area contributed by atoms with E-state index in [1.165, 1.54) is 15.6 Å². The molecule has 1 amide bonds. The third-order valence-electron chi connectivity index (χ3n) is 4.97. The van der Waals surface area contributed by atoms with Crippen molar-refractivity contribution in [2.24, 2.45) is 5.92 Å². The van der Waals surface area contributed by atoms with Crippen LogP contribution in [0.4, 0.5) is 0 Å². The third-order valence-corrected chi connectivity index (χ3v) is 8.53. The molecule has 10 heteroatoms. The molecule has 0 radical (unpaired) electrons. The maximum atomic E-state index is 12.9. The molecule has 7 nitrogen and oxygen atoms in total. The number of aryl methyl sites for hydroxylation is 1. The van der Waals surface area contributed by atoms with E-state index < -0.39 is 10.0 Å². The number of hydrogen-bond donors (Lipinski definition) is 1. The summed E-state index contributed by atoms with van der Waals surface area (Å²) in [6, 6.07) is 7.00. The van der Waals surface area contributed by atoms with Crippen LogP contribution in [0.1, 0.15) is 23.4 Å². The number of nitrogens with zero attached hydrogens (tertiary/aromatic N) is 3. The van der Waals surface area contributed by atoms with E-state index in [1.807, 2.05) is 23.6 Å². The van der Waals surface area contributed by atoms with Crippen LogP contribution in [-0.2, 0) is 21.4 Å². The van der Waals surface area contributed by atoms with Crippen LogP contribution >= 0.6 is 22.9 Å². The number of piperidine rings is 1. The predicted octanol–water partition coefficient (Wildman–Crippen LogP) is 3.07. The molecule has 0 spiro atoms. The highest BCUT2D eigenvalue weighted by molar-refractivity contribution is 7.91. The number of nitrogens with one attached hydrogen (secondary N) is 1. The van der Waals surface area contributed by atoms with E-state index in [0.717, 1.165) is 16.2 Å². The predicted molar refractivity (Wildman–Crippen MR) is 113 cm³/mol. The molecule has 0 bridgehead atoms. The van der Waals surface area contributed by atoms with Crippen molar-refractivity contribution in [2.45, 2.75) is 30.5 Å². The largest absolute Gasteiger partial charge is 0.350 e. The second-order valence-electron chi connectivity index (χ2n) is 7.13. The van der Waals surface area contributed by atoms with Crippen molar-refractivity contribution < 1.29 is 13.2 Å². The number of pyridine rings is 1. The molecule has 154 valence electrons. The standard InChI is InChI=1S/C19H21ClN4O3S2/c1-13-4-7-18(28-13)29(26,27)24-8-2-3-14(10-24)19(25)21-9-16-12-23-11-15(20)5-6-17(23)22-16/h4-7,11-12,14H,2-3,8-10H2,1H3,(H,21,25). The number of carbonyl (C=O) groups excluding carboxylic acids is 1. The third kappa shape index (κ3) is 4.32. The summed E-state index contributed by atoms with van der Waals surface area (Å²) in [5, 5.41) is 3.50. The van der Waals surface area contributed by atoms with Crippen molar-refractivity contribution in [2.75, 3.05) is 13.1 Å². The lowest BCUT2D eigenvalue weighted by Gasteiger charge is -2.30. The van der Waals surface area contributed by atoms with Crippen molar-refractivity contribution in [3.8, 4) is 0 Å². The summed E-state index contributed by atoms with van der Waals surface area (Å²) < 4.78 is 29.3. The smallest absolute Gasteiger partial charge is 0.252 e. The Bertz CT molecular complexity index is 1160. The molecule has 0 aromatic carbocycles. The fourth-order valence-corrected chi connectivity index (χ4v) is 6.61. The topological polar surface area (TPSA) is 83.8 Å². The molecule has 0 saturated carbocycles. The highest BCUT2D eigenvalue weighted by Crippen LogP contribution is 2.28. The van der Waals surface area contributed by atoms with E-state index in [0.29, 0.717) is 28.6 Å². The van der Waals surface area contributed by atoms with Gasteiger partial charge in [-0.2, -0.15) is 4.31 Å². The molecular formula is C19H21ClN4O3S2. The van der Waals surface area contributed by atoms with E-state index in [1.54, 1.807) is 24.4 Å². The molecule has 1 atom stereocenters. The Morgan fingerprint density at radius 2 is 2.14 bits per heavy atom. The molecule has 1 aliphatic heterocycles. The van der Waals surface area contributed by atoms with E-state index >= 15 is 0 Å². The number of imidazole rings is 1. The lowest BCUT2D eigenvalue weighted by molar-refractivity contribution is -0.126. The Morgan fingerprint density at radius 1 is 1.31 bits per heavy atom. The molecule has 1 aliphatic rings. The summed E-state index contributed by atoms with van der Waals surface area (Å²) in [6.45, 7) is 2.80. The first kappa shape index (κ1) is 20.3. The van der Waals surface area contributed by atoms with Gasteiger partial charge in [0.1, 0.15) is 9.86 Å². The highest BCUT2D eigenvalue weighted by Gasteiger charge is 2.34. The summed E-state index contributed by atoms with van der Waals surface area (Å²) in [4.78, 5) is 18.1. The van der Waals surface area contributed by atoms with Crippen LogP contribution < -0.4 is 5.32 Å². The van der Waals surface area contributed by atoms with E-state index in [9.17, 15) is 13.2 Å². The Hall–Kier alpha value is -1.94. The van der Waals surface area contributed by atoms with E-state index in [4.69, 9.17) is 11.6 Å². The molecule has 1 unspecified atom stereocenters. The van der Waals surface area contributed by atoms with Crippen molar-refractivity contribution in [3.05, 3.63) is 52.3 Å². The SMILES string of the molecule is Cc1ccc(S(=O)(=O)N2CCCC(C(=O)NCc3cn4cc(Cl)ccc4n3)C2)s1. The second-order valence-corrected chi connectivity index (χ2v) is 11.0. The summed E-state index contributed by atoms with van der Waals surface area (Å²) in [5.41, 5.74) is 1.47. The first-order chi connectivity index (χ1) is 13.8. The van der Waals surface area contributed by atoms with E-state index in [2.05, 4.69) is 10.3 Å². The maximum Gasteiger partial charge on any atom is 0.252 e. The number of amides is 1. The van der Waals surface area contributed by atoms with Crippen LogP contribution in [0, 0.1) is 12.8 Å². The summed E-state index contributed by atoms with van der Waals surface area (Å²) in [5.74, 6) is -0.520. The summed E-state index contributed by atoms with van der Waals surface area (Å²) in [6.07, 6.45) is 4.90. The van der Waals surface area contributed by atoms with Gasteiger partial charge >= 0.3 is 0 Å². The number of halogens is 1. The molecule has 4 rings (SSSR count). The number of rotatable bonds is 5. The quantitative estimate of drug-likeness (QED) is 0.644. The van der Waals surface area contributed by atoms with Crippen molar-refractivity contribution >= 4 is 44.5 Å². The van der Waals surface area contributed by atoms with Crippen molar-refractivity contribution in [1.29, 1.82) is 0 Å². The molecule has 3 aromatic heterocycles. The van der Waals surface area contributed by atoms with E-state index in [-0.39, 0.29) is 24.9 Å². The van der Waals surface area contributed by atoms with Gasteiger partial charge < -0.3 is 9.72 Å². The number of sulfonamides is 1. The van der Waals surface area contributed by atoms with Crippen LogP contribution in [0.3, 0.4) is 0 Å². The molecule has 1 saturated heterocycles. The van der Waals surface area contributed by atoms with Crippen LogP contribution in [0.5, 0.6) is 0 Å². The van der Waals surface area contributed by atoms with Gasteiger partial charge in [0.15, 0.2) is 0 Å². The molecule has 4 heterocycles. The van der Waals surface area contributed by atoms with Gasteiger partial charge in [-0.1, -0.05) is 11.6 Å². The number of aromatic nitrogens is 2. The van der Waals surface area contributed by atoms with Crippen LogP contribution in [-0.4, -0.2) is 41.1 Å². The number of fused-ring (bicyclic) bond motifs is 1. The van der Waals surface area contributed by atoms with Gasteiger partial charge in [0.05, 0.1) is 23.2 Å².